The van der Waals surface area contributed by atoms with Crippen molar-refractivity contribution in [2.24, 2.45) is 0 Å². The van der Waals surface area contributed by atoms with Gasteiger partial charge in [0.15, 0.2) is 5.76 Å². The average Bonchev–Trinajstić information content (AvgIpc) is 3.12. The summed E-state index contributed by atoms with van der Waals surface area (Å²) in [7, 11) is 0. The monoisotopic (exact) mass is 270 g/mol. The summed E-state index contributed by atoms with van der Waals surface area (Å²) in [6, 6.07) is 9.39. The van der Waals surface area contributed by atoms with Crippen LogP contribution < -0.4 is 10.2 Å². The highest BCUT2D eigenvalue weighted by Crippen LogP contribution is 2.26. The lowest BCUT2D eigenvalue weighted by atomic mass is 10.1. The van der Waals surface area contributed by atoms with Crippen molar-refractivity contribution >= 4 is 17.3 Å². The first-order valence-corrected chi connectivity index (χ1v) is 6.94. The Kier molecular flexibility index (Phi) is 3.46. The van der Waals surface area contributed by atoms with Gasteiger partial charge < -0.3 is 14.6 Å². The Morgan fingerprint density at radius 1 is 1.25 bits per heavy atom. The van der Waals surface area contributed by atoms with Gasteiger partial charge in [-0.25, -0.2) is 0 Å². The second kappa shape index (κ2) is 5.41. The van der Waals surface area contributed by atoms with E-state index in [0.29, 0.717) is 5.76 Å². The molecular formula is C16H18N2O2. The van der Waals surface area contributed by atoms with Crippen LogP contribution in [0.25, 0.3) is 0 Å². The lowest BCUT2D eigenvalue weighted by molar-refractivity contribution is 0.0996. The van der Waals surface area contributed by atoms with Gasteiger partial charge in [-0.2, -0.15) is 0 Å². The fourth-order valence-electron chi connectivity index (χ4n) is 2.65. The summed E-state index contributed by atoms with van der Waals surface area (Å²) in [5.74, 6) is 0.106. The maximum atomic E-state index is 11.9. The van der Waals surface area contributed by atoms with Gasteiger partial charge in [0, 0.05) is 24.5 Å². The summed E-state index contributed by atoms with van der Waals surface area (Å²) >= 11 is 0. The zero-order valence-corrected chi connectivity index (χ0v) is 11.6. The van der Waals surface area contributed by atoms with Crippen LogP contribution in [0.3, 0.4) is 0 Å². The Morgan fingerprint density at radius 3 is 2.70 bits per heavy atom. The van der Waals surface area contributed by atoms with Gasteiger partial charge in [-0.05, 0) is 55.7 Å². The van der Waals surface area contributed by atoms with Crippen molar-refractivity contribution in [2.75, 3.05) is 23.3 Å². The van der Waals surface area contributed by atoms with Gasteiger partial charge in [0.2, 0.25) is 0 Å². The van der Waals surface area contributed by atoms with Crippen molar-refractivity contribution in [3.8, 4) is 0 Å². The van der Waals surface area contributed by atoms with Gasteiger partial charge in [-0.3, -0.25) is 4.79 Å². The van der Waals surface area contributed by atoms with Crippen molar-refractivity contribution in [3.05, 3.63) is 47.9 Å². The normalized spacial score (nSPS) is 14.6. The third-order valence-electron chi connectivity index (χ3n) is 3.65. The van der Waals surface area contributed by atoms with E-state index in [2.05, 4.69) is 23.2 Å². The van der Waals surface area contributed by atoms with E-state index in [9.17, 15) is 4.79 Å². The summed E-state index contributed by atoms with van der Waals surface area (Å²) in [6.45, 7) is 4.33. The van der Waals surface area contributed by atoms with Crippen LogP contribution in [-0.2, 0) is 0 Å². The summed E-state index contributed by atoms with van der Waals surface area (Å²) in [4.78, 5) is 14.3. The number of amides is 1. The third kappa shape index (κ3) is 2.54. The summed E-state index contributed by atoms with van der Waals surface area (Å²) in [5, 5.41) is 2.85. The zero-order chi connectivity index (χ0) is 13.9. The number of aryl methyl sites for hydroxylation is 1. The fourth-order valence-corrected chi connectivity index (χ4v) is 2.65. The molecule has 4 heteroatoms. The molecule has 104 valence electrons. The van der Waals surface area contributed by atoms with E-state index in [4.69, 9.17) is 4.42 Å². The summed E-state index contributed by atoms with van der Waals surface area (Å²) in [5.41, 5.74) is 3.24. The third-order valence-corrected chi connectivity index (χ3v) is 3.65. The molecule has 1 amide bonds. The number of carbonyl (C=O) groups excluding carboxylic acids is 1. The SMILES string of the molecule is Cc1cc(NC(=O)c2ccco2)ccc1N1CCCC1. The Balaban J connectivity index is 1.75. The number of furan rings is 1. The van der Waals surface area contributed by atoms with Crippen molar-refractivity contribution in [3.63, 3.8) is 0 Å². The topological polar surface area (TPSA) is 45.5 Å². The van der Waals surface area contributed by atoms with Crippen LogP contribution in [0.2, 0.25) is 0 Å². The van der Waals surface area contributed by atoms with Crippen molar-refractivity contribution < 1.29 is 9.21 Å². The highest BCUT2D eigenvalue weighted by molar-refractivity contribution is 6.02. The first kappa shape index (κ1) is 12.8. The molecule has 4 nitrogen and oxygen atoms in total. The van der Waals surface area contributed by atoms with E-state index in [1.165, 1.54) is 30.4 Å². The molecular weight excluding hydrogens is 252 g/mol. The van der Waals surface area contributed by atoms with Crippen molar-refractivity contribution in [1.82, 2.24) is 0 Å². The van der Waals surface area contributed by atoms with Gasteiger partial charge in [-0.15, -0.1) is 0 Å². The molecule has 0 unspecified atom stereocenters. The molecule has 0 aliphatic carbocycles. The largest absolute Gasteiger partial charge is 0.459 e. The van der Waals surface area contributed by atoms with Crippen LogP contribution >= 0.6 is 0 Å². The molecule has 1 aromatic heterocycles. The second-order valence-electron chi connectivity index (χ2n) is 5.13. The van der Waals surface area contributed by atoms with E-state index < -0.39 is 0 Å². The van der Waals surface area contributed by atoms with Crippen LogP contribution in [0, 0.1) is 6.92 Å². The quantitative estimate of drug-likeness (QED) is 0.929. The van der Waals surface area contributed by atoms with Gasteiger partial charge in [0.25, 0.3) is 5.91 Å². The molecule has 2 aromatic rings. The molecule has 1 N–H and O–H groups in total. The Labute approximate surface area is 118 Å². The maximum Gasteiger partial charge on any atom is 0.291 e. The number of nitrogens with one attached hydrogen (secondary N) is 1. The predicted molar refractivity (Wildman–Crippen MR) is 79.3 cm³/mol. The number of anilines is 2. The van der Waals surface area contributed by atoms with Crippen LogP contribution in [0.1, 0.15) is 29.0 Å². The van der Waals surface area contributed by atoms with E-state index in [-0.39, 0.29) is 5.91 Å². The van der Waals surface area contributed by atoms with Crippen LogP contribution in [-0.4, -0.2) is 19.0 Å². The number of nitrogens with zero attached hydrogens (tertiary/aromatic N) is 1. The van der Waals surface area contributed by atoms with E-state index in [0.717, 1.165) is 18.8 Å². The molecule has 0 bridgehead atoms. The lowest BCUT2D eigenvalue weighted by Gasteiger charge is -2.20. The second-order valence-corrected chi connectivity index (χ2v) is 5.13. The Hall–Kier alpha value is -2.23. The maximum absolute atomic E-state index is 11.9. The average molecular weight is 270 g/mol. The predicted octanol–water partition coefficient (Wildman–Crippen LogP) is 3.44. The van der Waals surface area contributed by atoms with Gasteiger partial charge in [0.1, 0.15) is 0 Å². The molecule has 3 rings (SSSR count). The van der Waals surface area contributed by atoms with E-state index in [1.807, 2.05) is 12.1 Å². The molecule has 1 aliphatic rings. The number of benzene rings is 1. The number of hydrogen-bond donors (Lipinski definition) is 1. The van der Waals surface area contributed by atoms with E-state index >= 15 is 0 Å². The number of carbonyl (C=O) groups is 1. The van der Waals surface area contributed by atoms with Gasteiger partial charge in [-0.1, -0.05) is 0 Å². The summed E-state index contributed by atoms with van der Waals surface area (Å²) in [6.07, 6.45) is 4.02. The molecule has 0 atom stereocenters. The fraction of sp³-hybridized carbons (Fsp3) is 0.312. The molecule has 0 radical (unpaired) electrons. The standard InChI is InChI=1S/C16H18N2O2/c1-12-11-13(17-16(19)15-5-4-10-20-15)6-7-14(12)18-8-2-3-9-18/h4-7,10-11H,2-3,8-9H2,1H3,(H,17,19). The summed E-state index contributed by atoms with van der Waals surface area (Å²) < 4.78 is 5.08. The van der Waals surface area contributed by atoms with Crippen LogP contribution in [0.15, 0.2) is 41.0 Å². The lowest BCUT2D eigenvalue weighted by Crippen LogP contribution is -2.19. The van der Waals surface area contributed by atoms with E-state index in [1.54, 1.807) is 12.1 Å². The molecule has 2 heterocycles. The molecule has 1 aliphatic heterocycles. The molecule has 0 spiro atoms. The molecule has 0 saturated carbocycles. The Bertz CT molecular complexity index is 599. The highest BCUT2D eigenvalue weighted by atomic mass is 16.3. The molecule has 1 fully saturated rings. The first-order valence-electron chi connectivity index (χ1n) is 6.94. The molecule has 20 heavy (non-hydrogen) atoms. The van der Waals surface area contributed by atoms with Gasteiger partial charge >= 0.3 is 0 Å². The Morgan fingerprint density at radius 2 is 2.05 bits per heavy atom. The minimum absolute atomic E-state index is 0.219. The van der Waals surface area contributed by atoms with Crippen molar-refractivity contribution in [2.45, 2.75) is 19.8 Å². The molecule has 1 saturated heterocycles. The minimum atomic E-state index is -0.219. The van der Waals surface area contributed by atoms with Crippen molar-refractivity contribution in [1.29, 1.82) is 0 Å². The van der Waals surface area contributed by atoms with Gasteiger partial charge in [0.05, 0.1) is 6.26 Å². The van der Waals surface area contributed by atoms with Crippen LogP contribution in [0.5, 0.6) is 0 Å². The molecule has 1 aromatic carbocycles. The first-order chi connectivity index (χ1) is 9.74. The van der Waals surface area contributed by atoms with Crippen LogP contribution in [0.4, 0.5) is 11.4 Å². The number of hydrogen-bond acceptors (Lipinski definition) is 3. The highest BCUT2D eigenvalue weighted by Gasteiger charge is 2.15. The number of rotatable bonds is 3. The zero-order valence-electron chi connectivity index (χ0n) is 11.6. The smallest absolute Gasteiger partial charge is 0.291 e. The minimum Gasteiger partial charge on any atom is -0.459 e.